The minimum absolute atomic E-state index is 0.673. The Bertz CT molecular complexity index is 2450. The van der Waals surface area contributed by atoms with Gasteiger partial charge in [0.2, 0.25) is 0 Å². The van der Waals surface area contributed by atoms with Crippen molar-refractivity contribution >= 4 is 65.4 Å². The molecule has 0 saturated heterocycles. The van der Waals surface area contributed by atoms with Crippen molar-refractivity contribution in [3.05, 3.63) is 127 Å². The van der Waals surface area contributed by atoms with Crippen LogP contribution in [0.3, 0.4) is 0 Å². The number of aromatic nitrogens is 3. The molecule has 0 atom stereocenters. The predicted molar refractivity (Wildman–Crippen MR) is 164 cm³/mol. The third-order valence-electron chi connectivity index (χ3n) is 7.96. The van der Waals surface area contributed by atoms with Gasteiger partial charge in [-0.25, -0.2) is 9.97 Å². The zero-order valence-corrected chi connectivity index (χ0v) is 21.4. The fourth-order valence-corrected chi connectivity index (χ4v) is 6.07. The molecule has 0 amide bonds. The van der Waals surface area contributed by atoms with Crippen LogP contribution in [-0.4, -0.2) is 14.5 Å². The molecule has 40 heavy (non-hydrogen) atoms. The number of para-hydroxylation sites is 2. The van der Waals surface area contributed by atoms with Crippen molar-refractivity contribution in [1.82, 2.24) is 14.5 Å². The predicted octanol–water partition coefficient (Wildman–Crippen LogP) is 9.45. The summed E-state index contributed by atoms with van der Waals surface area (Å²) in [7, 11) is 0. The molecule has 0 bridgehead atoms. The van der Waals surface area contributed by atoms with E-state index in [4.69, 9.17) is 14.4 Å². The highest BCUT2D eigenvalue weighted by atomic mass is 16.3. The molecule has 0 radical (unpaired) electrons. The zero-order chi connectivity index (χ0) is 26.2. The second-order valence-corrected chi connectivity index (χ2v) is 10.3. The van der Waals surface area contributed by atoms with Crippen LogP contribution in [0.25, 0.3) is 82.6 Å². The van der Waals surface area contributed by atoms with Gasteiger partial charge < -0.3 is 4.42 Å². The Balaban J connectivity index is 1.45. The summed E-state index contributed by atoms with van der Waals surface area (Å²) in [6.45, 7) is 0. The number of hydrogen-bond acceptors (Lipinski definition) is 3. The smallest absolute Gasteiger partial charge is 0.197 e. The third kappa shape index (κ3) is 3.01. The summed E-state index contributed by atoms with van der Waals surface area (Å²) in [5.74, 6) is 1.41. The topological polar surface area (TPSA) is 43.9 Å². The van der Waals surface area contributed by atoms with Gasteiger partial charge in [-0.2, -0.15) is 0 Å². The molecule has 0 unspecified atom stereocenters. The van der Waals surface area contributed by atoms with Crippen LogP contribution in [0.1, 0.15) is 0 Å². The van der Waals surface area contributed by atoms with E-state index >= 15 is 0 Å². The number of fused-ring (bicyclic) bond motifs is 8. The van der Waals surface area contributed by atoms with Gasteiger partial charge in [0, 0.05) is 21.7 Å². The molecule has 6 aromatic carbocycles. The molecule has 3 heterocycles. The van der Waals surface area contributed by atoms with Gasteiger partial charge in [0.25, 0.3) is 0 Å². The Labute approximate surface area is 228 Å². The minimum Gasteiger partial charge on any atom is -0.450 e. The maximum absolute atomic E-state index is 6.51. The van der Waals surface area contributed by atoms with E-state index < -0.39 is 0 Å². The average Bonchev–Trinajstić information content (AvgIpc) is 3.55. The van der Waals surface area contributed by atoms with Crippen molar-refractivity contribution < 1.29 is 4.42 Å². The summed E-state index contributed by atoms with van der Waals surface area (Å²) in [6, 6.07) is 44.4. The molecule has 0 fully saturated rings. The molecule has 4 nitrogen and oxygen atoms in total. The lowest BCUT2D eigenvalue weighted by molar-refractivity contribution is 0.662. The molecule has 0 saturated carbocycles. The maximum atomic E-state index is 6.51. The van der Waals surface area contributed by atoms with Gasteiger partial charge in [-0.15, -0.1) is 0 Å². The number of hydrogen-bond donors (Lipinski definition) is 0. The summed E-state index contributed by atoms with van der Waals surface area (Å²) >= 11 is 0. The summed E-state index contributed by atoms with van der Waals surface area (Å²) in [4.78, 5) is 10.4. The van der Waals surface area contributed by atoms with Crippen LogP contribution in [-0.2, 0) is 0 Å². The highest BCUT2D eigenvalue weighted by Gasteiger charge is 2.22. The summed E-state index contributed by atoms with van der Waals surface area (Å²) in [5.41, 5.74) is 5.44. The monoisotopic (exact) mass is 511 g/mol. The first-order chi connectivity index (χ1) is 19.8. The van der Waals surface area contributed by atoms with Crippen LogP contribution >= 0.6 is 0 Å². The number of benzene rings is 6. The molecule has 186 valence electrons. The Kier molecular flexibility index (Phi) is 4.30. The molecular weight excluding hydrogens is 490 g/mol. The molecule has 0 N–H and O–H groups in total. The Hall–Kier alpha value is -5.48. The van der Waals surface area contributed by atoms with Crippen molar-refractivity contribution in [3.63, 3.8) is 0 Å². The summed E-state index contributed by atoms with van der Waals surface area (Å²) in [5, 5.41) is 8.09. The maximum Gasteiger partial charge on any atom is 0.197 e. The minimum atomic E-state index is 0.673. The SMILES string of the molecule is c1ccc2cc(-c3nc(-n4c5ccccc5c5cc6ccccc6cc54)c4oc5ccccc5c4n3)ccc2c1. The van der Waals surface area contributed by atoms with E-state index in [9.17, 15) is 0 Å². The largest absolute Gasteiger partial charge is 0.450 e. The Morgan fingerprint density at radius 1 is 0.500 bits per heavy atom. The van der Waals surface area contributed by atoms with Crippen LogP contribution in [0.2, 0.25) is 0 Å². The zero-order valence-electron chi connectivity index (χ0n) is 21.4. The molecule has 0 spiro atoms. The summed E-state index contributed by atoms with van der Waals surface area (Å²) < 4.78 is 8.75. The molecule has 4 heteroatoms. The number of nitrogens with zero attached hydrogens (tertiary/aromatic N) is 3. The van der Waals surface area contributed by atoms with Gasteiger partial charge in [0.1, 0.15) is 11.1 Å². The van der Waals surface area contributed by atoms with Crippen molar-refractivity contribution in [2.75, 3.05) is 0 Å². The first-order valence-electron chi connectivity index (χ1n) is 13.4. The van der Waals surface area contributed by atoms with E-state index in [-0.39, 0.29) is 0 Å². The second-order valence-electron chi connectivity index (χ2n) is 10.3. The van der Waals surface area contributed by atoms with E-state index in [1.165, 1.54) is 26.9 Å². The quantitative estimate of drug-likeness (QED) is 0.232. The molecule has 3 aromatic heterocycles. The van der Waals surface area contributed by atoms with Crippen molar-refractivity contribution in [3.8, 4) is 17.2 Å². The van der Waals surface area contributed by atoms with Crippen LogP contribution in [0.4, 0.5) is 0 Å². The third-order valence-corrected chi connectivity index (χ3v) is 7.96. The lowest BCUT2D eigenvalue weighted by atomic mass is 10.1. The van der Waals surface area contributed by atoms with E-state index in [1.807, 2.05) is 18.2 Å². The normalized spacial score (nSPS) is 12.0. The first-order valence-corrected chi connectivity index (χ1v) is 13.4. The first kappa shape index (κ1) is 21.5. The van der Waals surface area contributed by atoms with Crippen LogP contribution in [0.15, 0.2) is 132 Å². The van der Waals surface area contributed by atoms with Crippen molar-refractivity contribution in [2.24, 2.45) is 0 Å². The van der Waals surface area contributed by atoms with E-state index in [1.54, 1.807) is 0 Å². The van der Waals surface area contributed by atoms with Gasteiger partial charge >= 0.3 is 0 Å². The lowest BCUT2D eigenvalue weighted by Crippen LogP contribution is -2.01. The van der Waals surface area contributed by atoms with Crippen molar-refractivity contribution in [2.45, 2.75) is 0 Å². The van der Waals surface area contributed by atoms with Gasteiger partial charge in [0.05, 0.1) is 11.0 Å². The number of furan rings is 1. The van der Waals surface area contributed by atoms with E-state index in [2.05, 4.69) is 114 Å². The fourth-order valence-electron chi connectivity index (χ4n) is 6.07. The van der Waals surface area contributed by atoms with Crippen LogP contribution < -0.4 is 0 Å². The summed E-state index contributed by atoms with van der Waals surface area (Å²) in [6.07, 6.45) is 0. The highest BCUT2D eigenvalue weighted by molar-refractivity contribution is 6.15. The van der Waals surface area contributed by atoms with E-state index in [0.29, 0.717) is 11.4 Å². The van der Waals surface area contributed by atoms with Gasteiger partial charge in [-0.05, 0) is 57.9 Å². The Morgan fingerprint density at radius 3 is 2.02 bits per heavy atom. The Morgan fingerprint density at radius 2 is 1.18 bits per heavy atom. The number of rotatable bonds is 2. The lowest BCUT2D eigenvalue weighted by Gasteiger charge is -2.11. The fraction of sp³-hybridized carbons (Fsp3) is 0. The molecule has 0 aliphatic rings. The van der Waals surface area contributed by atoms with Gasteiger partial charge in [-0.1, -0.05) is 91.0 Å². The molecule has 9 aromatic rings. The van der Waals surface area contributed by atoms with Crippen LogP contribution in [0, 0.1) is 0 Å². The molecular formula is C36H21N3O. The van der Waals surface area contributed by atoms with Gasteiger partial charge in [-0.3, -0.25) is 4.57 Å². The highest BCUT2D eigenvalue weighted by Crippen LogP contribution is 2.39. The van der Waals surface area contributed by atoms with Crippen LogP contribution in [0.5, 0.6) is 0 Å². The standard InChI is InChI=1S/C36H21N3O/c1-2-10-23-19-26(18-17-22(23)9-1)35-37-33-28-14-6-8-16-32(28)40-34(33)36(38-35)39-30-15-7-5-13-27(30)29-20-24-11-3-4-12-25(24)21-31(29)39/h1-21H. The van der Waals surface area contributed by atoms with E-state index in [0.717, 1.165) is 44.3 Å². The molecule has 9 rings (SSSR count). The van der Waals surface area contributed by atoms with Gasteiger partial charge in [0.15, 0.2) is 17.2 Å². The average molecular weight is 512 g/mol. The molecule has 0 aliphatic heterocycles. The van der Waals surface area contributed by atoms with Crippen molar-refractivity contribution in [1.29, 1.82) is 0 Å². The second kappa shape index (κ2) is 8.01. The molecule has 0 aliphatic carbocycles.